The largest absolute Gasteiger partial charge is 0.354 e. The zero-order chi connectivity index (χ0) is 16.8. The number of aliphatic imine (C=N–C) groups is 1. The Morgan fingerprint density at radius 1 is 1.04 bits per heavy atom. The van der Waals surface area contributed by atoms with Crippen LogP contribution in [0.15, 0.2) is 35.0 Å². The molecule has 0 radical (unpaired) electrons. The lowest BCUT2D eigenvalue weighted by Gasteiger charge is -2.23. The van der Waals surface area contributed by atoms with E-state index >= 15 is 0 Å². The standard InChI is InChI=1S/C21H32N2/c1-15(2)13-17-9-8-10-18(14-16(3)4)21(17)23-20-12-7-6-11-19(20)22-5/h8-10,12,15-16,23H,6-7,11,13-14H2,1-5H3. The van der Waals surface area contributed by atoms with Crippen molar-refractivity contribution in [3.8, 4) is 0 Å². The first-order chi connectivity index (χ1) is 11.0. The lowest BCUT2D eigenvalue weighted by molar-refractivity contribution is 0.638. The van der Waals surface area contributed by atoms with Crippen molar-refractivity contribution in [1.29, 1.82) is 0 Å². The van der Waals surface area contributed by atoms with Crippen LogP contribution in [-0.2, 0) is 12.8 Å². The van der Waals surface area contributed by atoms with Gasteiger partial charge in [0, 0.05) is 12.7 Å². The van der Waals surface area contributed by atoms with Crippen LogP contribution in [0.4, 0.5) is 5.69 Å². The van der Waals surface area contributed by atoms with E-state index in [0.29, 0.717) is 11.8 Å². The van der Waals surface area contributed by atoms with Crippen LogP contribution >= 0.6 is 0 Å². The molecule has 1 aliphatic carbocycles. The minimum absolute atomic E-state index is 0.657. The van der Waals surface area contributed by atoms with Crippen LogP contribution in [0.3, 0.4) is 0 Å². The van der Waals surface area contributed by atoms with Gasteiger partial charge in [-0.15, -0.1) is 0 Å². The molecule has 1 aromatic carbocycles. The van der Waals surface area contributed by atoms with Crippen molar-refractivity contribution in [3.63, 3.8) is 0 Å². The number of allylic oxidation sites excluding steroid dienone is 2. The topological polar surface area (TPSA) is 24.4 Å². The highest BCUT2D eigenvalue weighted by atomic mass is 14.9. The molecule has 2 rings (SSSR count). The van der Waals surface area contributed by atoms with Gasteiger partial charge in [-0.2, -0.15) is 0 Å². The van der Waals surface area contributed by atoms with Gasteiger partial charge in [-0.05, 0) is 55.1 Å². The predicted octanol–water partition coefficient (Wildman–Crippen LogP) is 5.63. The van der Waals surface area contributed by atoms with Crippen LogP contribution in [0.5, 0.6) is 0 Å². The minimum Gasteiger partial charge on any atom is -0.354 e. The highest BCUT2D eigenvalue weighted by Crippen LogP contribution is 2.29. The molecule has 0 amide bonds. The zero-order valence-electron chi connectivity index (χ0n) is 15.4. The fourth-order valence-electron chi connectivity index (χ4n) is 3.29. The molecule has 1 aliphatic rings. The van der Waals surface area contributed by atoms with E-state index in [-0.39, 0.29) is 0 Å². The molecule has 2 nitrogen and oxygen atoms in total. The van der Waals surface area contributed by atoms with Gasteiger partial charge in [0.05, 0.1) is 11.4 Å². The van der Waals surface area contributed by atoms with Gasteiger partial charge in [0.2, 0.25) is 0 Å². The van der Waals surface area contributed by atoms with Gasteiger partial charge in [0.1, 0.15) is 0 Å². The smallest absolute Gasteiger partial charge is 0.0576 e. The van der Waals surface area contributed by atoms with Crippen molar-refractivity contribution in [2.24, 2.45) is 16.8 Å². The molecule has 0 atom stereocenters. The van der Waals surface area contributed by atoms with Gasteiger partial charge in [-0.3, -0.25) is 4.99 Å². The molecule has 0 aromatic heterocycles. The number of benzene rings is 1. The summed E-state index contributed by atoms with van der Waals surface area (Å²) in [4.78, 5) is 4.49. The second-order valence-corrected chi connectivity index (χ2v) is 7.45. The highest BCUT2D eigenvalue weighted by molar-refractivity contribution is 6.03. The van der Waals surface area contributed by atoms with Gasteiger partial charge >= 0.3 is 0 Å². The Morgan fingerprint density at radius 2 is 1.65 bits per heavy atom. The third-order valence-electron chi connectivity index (χ3n) is 4.30. The second kappa shape index (κ2) is 8.33. The molecule has 0 unspecified atom stereocenters. The number of rotatable bonds is 6. The minimum atomic E-state index is 0.657. The molecule has 0 bridgehead atoms. The van der Waals surface area contributed by atoms with Crippen LogP contribution in [0.1, 0.15) is 58.1 Å². The van der Waals surface area contributed by atoms with Crippen molar-refractivity contribution >= 4 is 11.4 Å². The quantitative estimate of drug-likeness (QED) is 0.723. The number of anilines is 1. The van der Waals surface area contributed by atoms with Crippen molar-refractivity contribution in [3.05, 3.63) is 41.1 Å². The summed E-state index contributed by atoms with van der Waals surface area (Å²) in [6.07, 6.45) is 7.98. The van der Waals surface area contributed by atoms with E-state index in [9.17, 15) is 0 Å². The molecular formula is C21H32N2. The fraction of sp³-hybridized carbons (Fsp3) is 0.571. The third-order valence-corrected chi connectivity index (χ3v) is 4.30. The summed E-state index contributed by atoms with van der Waals surface area (Å²) < 4.78 is 0. The van der Waals surface area contributed by atoms with Crippen molar-refractivity contribution in [2.75, 3.05) is 12.4 Å². The van der Waals surface area contributed by atoms with E-state index in [1.165, 1.54) is 34.6 Å². The van der Waals surface area contributed by atoms with Gasteiger partial charge in [-0.25, -0.2) is 0 Å². The molecule has 0 heterocycles. The lowest BCUT2D eigenvalue weighted by Crippen LogP contribution is -2.17. The van der Waals surface area contributed by atoms with E-state index < -0.39 is 0 Å². The SMILES string of the molecule is CN=C1CCCC=C1Nc1c(CC(C)C)cccc1CC(C)C. The molecule has 0 spiro atoms. The Labute approximate surface area is 142 Å². The molecule has 0 saturated carbocycles. The second-order valence-electron chi connectivity index (χ2n) is 7.45. The third kappa shape index (κ3) is 4.95. The van der Waals surface area contributed by atoms with Crippen LogP contribution in [0.2, 0.25) is 0 Å². The van der Waals surface area contributed by atoms with E-state index in [4.69, 9.17) is 0 Å². The summed E-state index contributed by atoms with van der Waals surface area (Å²) in [5.41, 5.74) is 6.62. The number of nitrogens with zero attached hydrogens (tertiary/aromatic N) is 1. The molecule has 23 heavy (non-hydrogen) atoms. The molecule has 0 saturated heterocycles. The normalized spacial score (nSPS) is 17.0. The number of hydrogen-bond donors (Lipinski definition) is 1. The highest BCUT2D eigenvalue weighted by Gasteiger charge is 2.16. The summed E-state index contributed by atoms with van der Waals surface area (Å²) in [6, 6.07) is 6.77. The van der Waals surface area contributed by atoms with Gasteiger partial charge < -0.3 is 5.32 Å². The van der Waals surface area contributed by atoms with Crippen molar-refractivity contribution < 1.29 is 0 Å². The Kier molecular flexibility index (Phi) is 6.44. The van der Waals surface area contributed by atoms with Gasteiger partial charge in [-0.1, -0.05) is 52.0 Å². The Bertz CT molecular complexity index is 551. The van der Waals surface area contributed by atoms with E-state index in [1.54, 1.807) is 0 Å². The van der Waals surface area contributed by atoms with Crippen molar-refractivity contribution in [2.45, 2.75) is 59.8 Å². The first kappa shape index (κ1) is 17.8. The molecule has 2 heteroatoms. The number of hydrogen-bond acceptors (Lipinski definition) is 2. The summed E-state index contributed by atoms with van der Waals surface area (Å²) >= 11 is 0. The Morgan fingerprint density at radius 3 is 2.17 bits per heavy atom. The molecular weight excluding hydrogens is 280 g/mol. The van der Waals surface area contributed by atoms with Crippen LogP contribution < -0.4 is 5.32 Å². The Balaban J connectivity index is 2.38. The van der Waals surface area contributed by atoms with Crippen LogP contribution in [0.25, 0.3) is 0 Å². The summed E-state index contributed by atoms with van der Waals surface area (Å²) in [5.74, 6) is 1.31. The number of para-hydroxylation sites is 1. The number of nitrogens with one attached hydrogen (secondary N) is 1. The van der Waals surface area contributed by atoms with E-state index in [2.05, 4.69) is 62.3 Å². The molecule has 126 valence electrons. The van der Waals surface area contributed by atoms with Gasteiger partial charge in [0.15, 0.2) is 0 Å². The average molecular weight is 313 g/mol. The van der Waals surface area contributed by atoms with Crippen molar-refractivity contribution in [1.82, 2.24) is 0 Å². The van der Waals surface area contributed by atoms with E-state index in [1.807, 2.05) is 7.05 Å². The van der Waals surface area contributed by atoms with E-state index in [0.717, 1.165) is 25.7 Å². The Hall–Kier alpha value is -1.57. The summed E-state index contributed by atoms with van der Waals surface area (Å²) in [6.45, 7) is 9.16. The first-order valence-electron chi connectivity index (χ1n) is 9.05. The fourth-order valence-corrected chi connectivity index (χ4v) is 3.29. The van der Waals surface area contributed by atoms with Crippen LogP contribution in [-0.4, -0.2) is 12.8 Å². The summed E-state index contributed by atoms with van der Waals surface area (Å²) in [7, 11) is 1.91. The average Bonchev–Trinajstić information content (AvgIpc) is 2.50. The summed E-state index contributed by atoms with van der Waals surface area (Å²) in [5, 5.41) is 3.76. The molecule has 0 aliphatic heterocycles. The van der Waals surface area contributed by atoms with Crippen LogP contribution in [0, 0.1) is 11.8 Å². The van der Waals surface area contributed by atoms with Gasteiger partial charge in [0.25, 0.3) is 0 Å². The molecule has 1 N–H and O–H groups in total. The molecule has 0 fully saturated rings. The maximum absolute atomic E-state index is 4.49. The monoisotopic (exact) mass is 312 g/mol. The maximum atomic E-state index is 4.49. The lowest BCUT2D eigenvalue weighted by atomic mass is 9.93. The maximum Gasteiger partial charge on any atom is 0.0576 e. The predicted molar refractivity (Wildman–Crippen MR) is 102 cm³/mol. The zero-order valence-corrected chi connectivity index (χ0v) is 15.4. The first-order valence-corrected chi connectivity index (χ1v) is 9.05. The molecule has 1 aromatic rings.